The Bertz CT molecular complexity index is 670. The molecule has 2 aromatic rings. The van der Waals surface area contributed by atoms with Crippen molar-refractivity contribution in [3.8, 4) is 0 Å². The molecular weight excluding hydrogens is 334 g/mol. The lowest BCUT2D eigenvalue weighted by molar-refractivity contribution is -0.136. The first-order valence-electron chi connectivity index (χ1n) is 6.38. The van der Waals surface area contributed by atoms with Gasteiger partial charge in [-0.3, -0.25) is 9.59 Å². The monoisotopic (exact) mass is 347 g/mol. The van der Waals surface area contributed by atoms with Crippen LogP contribution in [0.5, 0.6) is 0 Å². The molecular formula is C16H14BrNO3. The van der Waals surface area contributed by atoms with Crippen molar-refractivity contribution in [1.29, 1.82) is 0 Å². The minimum atomic E-state index is -0.888. The van der Waals surface area contributed by atoms with E-state index in [1.54, 1.807) is 30.3 Å². The number of benzene rings is 2. The molecule has 0 heterocycles. The SMILES string of the molecule is O=C(O)Cc1ccccc1CNC(=O)c1cccc(Br)c1. The van der Waals surface area contributed by atoms with Gasteiger partial charge in [-0.1, -0.05) is 46.3 Å². The molecule has 0 unspecified atom stereocenters. The summed E-state index contributed by atoms with van der Waals surface area (Å²) in [5.41, 5.74) is 2.07. The second-order valence-electron chi connectivity index (χ2n) is 4.53. The number of hydrogen-bond donors (Lipinski definition) is 2. The van der Waals surface area contributed by atoms with Gasteiger partial charge in [-0.15, -0.1) is 0 Å². The molecule has 0 bridgehead atoms. The molecule has 1 amide bonds. The van der Waals surface area contributed by atoms with E-state index in [0.29, 0.717) is 17.7 Å². The van der Waals surface area contributed by atoms with Crippen molar-refractivity contribution in [2.75, 3.05) is 0 Å². The smallest absolute Gasteiger partial charge is 0.307 e. The number of hydrogen-bond acceptors (Lipinski definition) is 2. The summed E-state index contributed by atoms with van der Waals surface area (Å²) in [4.78, 5) is 22.9. The summed E-state index contributed by atoms with van der Waals surface area (Å²) in [5, 5.41) is 11.7. The largest absolute Gasteiger partial charge is 0.481 e. The predicted molar refractivity (Wildman–Crippen MR) is 83.1 cm³/mol. The van der Waals surface area contributed by atoms with Gasteiger partial charge in [0.1, 0.15) is 0 Å². The van der Waals surface area contributed by atoms with Gasteiger partial charge in [0, 0.05) is 16.6 Å². The zero-order chi connectivity index (χ0) is 15.2. The Morgan fingerprint density at radius 2 is 1.76 bits per heavy atom. The fraction of sp³-hybridized carbons (Fsp3) is 0.125. The molecule has 21 heavy (non-hydrogen) atoms. The molecule has 0 saturated heterocycles. The number of carboxylic acid groups (broad SMARTS) is 1. The van der Waals surface area contributed by atoms with Crippen molar-refractivity contribution in [2.45, 2.75) is 13.0 Å². The fourth-order valence-electron chi connectivity index (χ4n) is 1.97. The molecule has 2 N–H and O–H groups in total. The summed E-state index contributed by atoms with van der Waals surface area (Å²) in [5.74, 6) is -1.08. The summed E-state index contributed by atoms with van der Waals surface area (Å²) < 4.78 is 0.835. The molecule has 0 fully saturated rings. The normalized spacial score (nSPS) is 10.1. The van der Waals surface area contributed by atoms with Crippen LogP contribution in [0.1, 0.15) is 21.5 Å². The predicted octanol–water partition coefficient (Wildman–Crippen LogP) is 3.01. The fourth-order valence-corrected chi connectivity index (χ4v) is 2.37. The molecule has 0 aliphatic rings. The highest BCUT2D eigenvalue weighted by Gasteiger charge is 2.09. The van der Waals surface area contributed by atoms with Gasteiger partial charge in [-0.05, 0) is 29.3 Å². The van der Waals surface area contributed by atoms with Crippen LogP contribution in [0.2, 0.25) is 0 Å². The average molecular weight is 348 g/mol. The maximum absolute atomic E-state index is 12.1. The lowest BCUT2D eigenvalue weighted by Crippen LogP contribution is -2.23. The Kier molecular flexibility index (Phi) is 5.11. The topological polar surface area (TPSA) is 66.4 Å². The molecule has 2 aromatic carbocycles. The van der Waals surface area contributed by atoms with E-state index in [2.05, 4.69) is 21.2 Å². The highest BCUT2D eigenvalue weighted by atomic mass is 79.9. The van der Waals surface area contributed by atoms with Crippen LogP contribution in [0.3, 0.4) is 0 Å². The quantitative estimate of drug-likeness (QED) is 0.873. The van der Waals surface area contributed by atoms with E-state index in [0.717, 1.165) is 10.0 Å². The summed E-state index contributed by atoms with van der Waals surface area (Å²) in [7, 11) is 0. The second kappa shape index (κ2) is 7.04. The Labute approximate surface area is 130 Å². The molecule has 0 atom stereocenters. The maximum Gasteiger partial charge on any atom is 0.307 e. The van der Waals surface area contributed by atoms with E-state index < -0.39 is 5.97 Å². The number of carbonyl (C=O) groups excluding carboxylic acids is 1. The first kappa shape index (κ1) is 15.3. The van der Waals surface area contributed by atoms with Crippen LogP contribution in [0.15, 0.2) is 53.0 Å². The molecule has 4 nitrogen and oxygen atoms in total. The van der Waals surface area contributed by atoms with Gasteiger partial charge < -0.3 is 10.4 Å². The van der Waals surface area contributed by atoms with Gasteiger partial charge >= 0.3 is 5.97 Å². The van der Waals surface area contributed by atoms with Crippen molar-refractivity contribution < 1.29 is 14.7 Å². The summed E-state index contributed by atoms with van der Waals surface area (Å²) in [6, 6.07) is 14.3. The third-order valence-corrected chi connectivity index (χ3v) is 3.48. The van der Waals surface area contributed by atoms with E-state index in [4.69, 9.17) is 5.11 Å². The third-order valence-electron chi connectivity index (χ3n) is 2.99. The summed E-state index contributed by atoms with van der Waals surface area (Å²) in [6.07, 6.45) is -0.0526. The maximum atomic E-state index is 12.1. The summed E-state index contributed by atoms with van der Waals surface area (Å²) in [6.45, 7) is 0.300. The van der Waals surface area contributed by atoms with E-state index in [1.807, 2.05) is 18.2 Å². The van der Waals surface area contributed by atoms with Crippen LogP contribution in [-0.2, 0) is 17.8 Å². The first-order valence-corrected chi connectivity index (χ1v) is 7.18. The number of nitrogens with one attached hydrogen (secondary N) is 1. The molecule has 5 heteroatoms. The van der Waals surface area contributed by atoms with Crippen LogP contribution in [0.4, 0.5) is 0 Å². The summed E-state index contributed by atoms with van der Waals surface area (Å²) >= 11 is 3.32. The van der Waals surface area contributed by atoms with Crippen LogP contribution in [-0.4, -0.2) is 17.0 Å². The van der Waals surface area contributed by atoms with Crippen LogP contribution in [0, 0.1) is 0 Å². The van der Waals surface area contributed by atoms with Crippen molar-refractivity contribution in [3.63, 3.8) is 0 Å². The molecule has 0 saturated carbocycles. The zero-order valence-corrected chi connectivity index (χ0v) is 12.8. The second-order valence-corrected chi connectivity index (χ2v) is 5.45. The van der Waals surface area contributed by atoms with E-state index in [-0.39, 0.29) is 12.3 Å². The highest BCUT2D eigenvalue weighted by molar-refractivity contribution is 9.10. The molecule has 0 aliphatic heterocycles. The zero-order valence-electron chi connectivity index (χ0n) is 11.2. The van der Waals surface area contributed by atoms with Gasteiger partial charge in [-0.25, -0.2) is 0 Å². The lowest BCUT2D eigenvalue weighted by Gasteiger charge is -2.09. The minimum absolute atomic E-state index is 0.0526. The number of halogens is 1. The number of rotatable bonds is 5. The van der Waals surface area contributed by atoms with E-state index in [1.165, 1.54) is 0 Å². The lowest BCUT2D eigenvalue weighted by atomic mass is 10.0. The van der Waals surface area contributed by atoms with Gasteiger partial charge in [-0.2, -0.15) is 0 Å². The molecule has 0 radical (unpaired) electrons. The van der Waals surface area contributed by atoms with E-state index >= 15 is 0 Å². The van der Waals surface area contributed by atoms with Gasteiger partial charge in [0.2, 0.25) is 0 Å². The number of carboxylic acids is 1. The molecule has 0 spiro atoms. The number of amides is 1. The van der Waals surface area contributed by atoms with Crippen molar-refractivity contribution in [3.05, 3.63) is 69.7 Å². The molecule has 108 valence electrons. The van der Waals surface area contributed by atoms with Gasteiger partial charge in [0.25, 0.3) is 5.91 Å². The Hall–Kier alpha value is -2.14. The van der Waals surface area contributed by atoms with Crippen molar-refractivity contribution in [2.24, 2.45) is 0 Å². The average Bonchev–Trinajstić information content (AvgIpc) is 2.45. The molecule has 2 rings (SSSR count). The Balaban J connectivity index is 2.06. The molecule has 0 aromatic heterocycles. The third kappa shape index (κ3) is 4.43. The number of aliphatic carboxylic acids is 1. The highest BCUT2D eigenvalue weighted by Crippen LogP contribution is 2.13. The Morgan fingerprint density at radius 1 is 1.05 bits per heavy atom. The first-order chi connectivity index (χ1) is 10.1. The van der Waals surface area contributed by atoms with Gasteiger partial charge in [0.15, 0.2) is 0 Å². The van der Waals surface area contributed by atoms with E-state index in [9.17, 15) is 9.59 Å². The van der Waals surface area contributed by atoms with Crippen LogP contribution in [0.25, 0.3) is 0 Å². The number of carbonyl (C=O) groups is 2. The van der Waals surface area contributed by atoms with Crippen LogP contribution >= 0.6 is 15.9 Å². The standard InChI is InChI=1S/C16H14BrNO3/c17-14-7-3-6-12(8-14)16(21)18-10-13-5-2-1-4-11(13)9-15(19)20/h1-8H,9-10H2,(H,18,21)(H,19,20). The van der Waals surface area contributed by atoms with Crippen molar-refractivity contribution in [1.82, 2.24) is 5.32 Å². The minimum Gasteiger partial charge on any atom is -0.481 e. The van der Waals surface area contributed by atoms with Crippen molar-refractivity contribution >= 4 is 27.8 Å². The van der Waals surface area contributed by atoms with Gasteiger partial charge in [0.05, 0.1) is 6.42 Å². The van der Waals surface area contributed by atoms with Crippen LogP contribution < -0.4 is 5.32 Å². The molecule has 0 aliphatic carbocycles. The Morgan fingerprint density at radius 3 is 2.43 bits per heavy atom.